The van der Waals surface area contributed by atoms with E-state index in [2.05, 4.69) is 4.98 Å². The number of carbonyl (C=O) groups excluding carboxylic acids is 2. The van der Waals surface area contributed by atoms with E-state index in [-0.39, 0.29) is 16.9 Å². The van der Waals surface area contributed by atoms with Crippen LogP contribution in [0.5, 0.6) is 17.2 Å². The van der Waals surface area contributed by atoms with Gasteiger partial charge in [0.05, 0.1) is 38.5 Å². The van der Waals surface area contributed by atoms with Gasteiger partial charge < -0.3 is 19.3 Å². The van der Waals surface area contributed by atoms with E-state index in [1.807, 2.05) is 0 Å². The highest BCUT2D eigenvalue weighted by molar-refractivity contribution is 6.51. The summed E-state index contributed by atoms with van der Waals surface area (Å²) < 4.78 is 15.9. The van der Waals surface area contributed by atoms with Gasteiger partial charge in [-0.15, -0.1) is 0 Å². The molecule has 33 heavy (non-hydrogen) atoms. The van der Waals surface area contributed by atoms with Gasteiger partial charge in [0.2, 0.25) is 0 Å². The smallest absolute Gasteiger partial charge is 0.300 e. The normalized spacial score (nSPS) is 17.2. The Kier molecular flexibility index (Phi) is 5.99. The Morgan fingerprint density at radius 1 is 0.939 bits per heavy atom. The maximum atomic E-state index is 13.2. The number of ether oxygens (including phenoxy) is 3. The second-order valence-corrected chi connectivity index (χ2v) is 7.22. The van der Waals surface area contributed by atoms with Crippen molar-refractivity contribution in [2.45, 2.75) is 6.04 Å². The zero-order chi connectivity index (χ0) is 23.5. The Hall–Kier alpha value is -4.33. The van der Waals surface area contributed by atoms with Gasteiger partial charge in [0.1, 0.15) is 23.0 Å². The molecule has 1 aliphatic rings. The zero-order valence-electron chi connectivity index (χ0n) is 18.3. The molecule has 168 valence electrons. The molecule has 8 nitrogen and oxygen atoms in total. The van der Waals surface area contributed by atoms with Gasteiger partial charge in [-0.05, 0) is 35.9 Å². The highest BCUT2D eigenvalue weighted by Gasteiger charge is 2.47. The average Bonchev–Trinajstić information content (AvgIpc) is 3.14. The third-order valence-electron chi connectivity index (χ3n) is 5.44. The lowest BCUT2D eigenvalue weighted by Gasteiger charge is -2.25. The van der Waals surface area contributed by atoms with E-state index < -0.39 is 17.7 Å². The molecule has 1 aliphatic heterocycles. The summed E-state index contributed by atoms with van der Waals surface area (Å²) in [6.07, 6.45) is 3.15. The highest BCUT2D eigenvalue weighted by Crippen LogP contribution is 2.43. The summed E-state index contributed by atoms with van der Waals surface area (Å²) in [6, 6.07) is 14.2. The third-order valence-corrected chi connectivity index (χ3v) is 5.44. The van der Waals surface area contributed by atoms with Crippen LogP contribution in [-0.4, -0.2) is 43.1 Å². The summed E-state index contributed by atoms with van der Waals surface area (Å²) in [5.41, 5.74) is 1.20. The number of aromatic nitrogens is 1. The van der Waals surface area contributed by atoms with Crippen molar-refractivity contribution < 1.29 is 28.9 Å². The molecule has 1 N–H and O–H groups in total. The first-order valence-electron chi connectivity index (χ1n) is 10.1. The highest BCUT2D eigenvalue weighted by atomic mass is 16.5. The van der Waals surface area contributed by atoms with Crippen molar-refractivity contribution in [2.24, 2.45) is 0 Å². The molecule has 2 aromatic carbocycles. The summed E-state index contributed by atoms with van der Waals surface area (Å²) in [5.74, 6) is -0.607. The predicted octanol–water partition coefficient (Wildman–Crippen LogP) is 3.73. The molecule has 4 rings (SSSR count). The number of nitrogens with zero attached hydrogens (tertiary/aromatic N) is 2. The minimum absolute atomic E-state index is 0.0701. The van der Waals surface area contributed by atoms with Crippen molar-refractivity contribution in [3.63, 3.8) is 0 Å². The van der Waals surface area contributed by atoms with Gasteiger partial charge in [0.15, 0.2) is 0 Å². The number of hydrogen-bond acceptors (Lipinski definition) is 7. The van der Waals surface area contributed by atoms with Crippen LogP contribution in [0.2, 0.25) is 0 Å². The van der Waals surface area contributed by atoms with Crippen molar-refractivity contribution >= 4 is 23.1 Å². The van der Waals surface area contributed by atoms with E-state index >= 15 is 0 Å². The number of ketones is 1. The lowest BCUT2D eigenvalue weighted by atomic mass is 9.95. The van der Waals surface area contributed by atoms with Crippen LogP contribution < -0.4 is 19.1 Å². The lowest BCUT2D eigenvalue weighted by molar-refractivity contribution is -0.132. The quantitative estimate of drug-likeness (QED) is 0.350. The molecule has 0 bridgehead atoms. The first kappa shape index (κ1) is 21.9. The molecular formula is C25H22N2O6. The average molecular weight is 446 g/mol. The van der Waals surface area contributed by atoms with Crippen LogP contribution in [-0.2, 0) is 9.59 Å². The number of Topliss-reactive ketones (excluding diaryl/α,β-unsaturated/α-hetero) is 1. The summed E-state index contributed by atoms with van der Waals surface area (Å²) in [7, 11) is 4.47. The van der Waals surface area contributed by atoms with Crippen molar-refractivity contribution in [1.82, 2.24) is 4.98 Å². The largest absolute Gasteiger partial charge is 0.507 e. The molecule has 1 aromatic heterocycles. The third kappa shape index (κ3) is 3.87. The molecule has 0 aliphatic carbocycles. The van der Waals surface area contributed by atoms with Crippen LogP contribution in [0.1, 0.15) is 17.2 Å². The molecule has 3 aromatic rings. The molecule has 1 amide bonds. The molecule has 0 radical (unpaired) electrons. The van der Waals surface area contributed by atoms with E-state index in [4.69, 9.17) is 14.2 Å². The Balaban J connectivity index is 1.95. The minimum Gasteiger partial charge on any atom is -0.507 e. The molecule has 0 saturated carbocycles. The number of anilines is 1. The van der Waals surface area contributed by atoms with E-state index in [9.17, 15) is 14.7 Å². The monoisotopic (exact) mass is 446 g/mol. The second-order valence-electron chi connectivity index (χ2n) is 7.22. The van der Waals surface area contributed by atoms with Crippen LogP contribution in [0, 0.1) is 0 Å². The molecule has 1 fully saturated rings. The van der Waals surface area contributed by atoms with Gasteiger partial charge in [-0.1, -0.05) is 12.1 Å². The summed E-state index contributed by atoms with van der Waals surface area (Å²) in [5, 5.41) is 11.3. The number of benzene rings is 2. The predicted molar refractivity (Wildman–Crippen MR) is 122 cm³/mol. The molecule has 8 heteroatoms. The number of hydrogen-bond donors (Lipinski definition) is 1. The number of carbonyl (C=O) groups is 2. The van der Waals surface area contributed by atoms with E-state index in [0.717, 1.165) is 0 Å². The van der Waals surface area contributed by atoms with Gasteiger partial charge in [-0.25, -0.2) is 0 Å². The minimum atomic E-state index is -0.905. The maximum Gasteiger partial charge on any atom is 0.300 e. The van der Waals surface area contributed by atoms with Gasteiger partial charge in [0, 0.05) is 30.2 Å². The standard InChI is InChI=1S/C25H22N2O6/c1-31-17-8-4-7-16(12-17)27-22(15-6-5-11-26-14-15)21(24(29)25(27)30)23(28)19-10-9-18(32-2)13-20(19)33-3/h4-14,22,28H,1-3H3/b23-21-. The second kappa shape index (κ2) is 9.04. The number of aliphatic hydroxyl groups excluding tert-OH is 1. The summed E-state index contributed by atoms with van der Waals surface area (Å²) >= 11 is 0. The van der Waals surface area contributed by atoms with Gasteiger partial charge in [0.25, 0.3) is 11.7 Å². The number of aliphatic hydroxyl groups is 1. The molecule has 1 unspecified atom stereocenters. The molecule has 1 saturated heterocycles. The van der Waals surface area contributed by atoms with Gasteiger partial charge in [-0.3, -0.25) is 19.5 Å². The lowest BCUT2D eigenvalue weighted by Crippen LogP contribution is -2.29. The Morgan fingerprint density at radius 3 is 2.36 bits per heavy atom. The van der Waals surface area contributed by atoms with Crippen molar-refractivity contribution in [3.8, 4) is 17.2 Å². The molecule has 2 heterocycles. The molecule has 1 atom stereocenters. The molecular weight excluding hydrogens is 424 g/mol. The van der Waals surface area contributed by atoms with E-state index in [1.54, 1.807) is 67.0 Å². The Bertz CT molecular complexity index is 1240. The van der Waals surface area contributed by atoms with Crippen LogP contribution in [0.25, 0.3) is 5.76 Å². The first-order chi connectivity index (χ1) is 16.0. The SMILES string of the molecule is COc1cccc(N2C(=O)C(=O)/C(=C(\O)c3ccc(OC)cc3OC)C2c2cccnc2)c1. The van der Waals surface area contributed by atoms with Crippen molar-refractivity contribution in [1.29, 1.82) is 0 Å². The number of rotatable bonds is 6. The van der Waals surface area contributed by atoms with Crippen LogP contribution in [0.15, 0.2) is 72.6 Å². The fourth-order valence-corrected chi connectivity index (χ4v) is 3.85. The van der Waals surface area contributed by atoms with Gasteiger partial charge in [-0.2, -0.15) is 0 Å². The Labute approximate surface area is 190 Å². The summed E-state index contributed by atoms with van der Waals surface area (Å²) in [6.45, 7) is 0. The number of pyridine rings is 1. The number of amides is 1. The first-order valence-corrected chi connectivity index (χ1v) is 10.1. The van der Waals surface area contributed by atoms with Crippen molar-refractivity contribution in [3.05, 3.63) is 83.7 Å². The van der Waals surface area contributed by atoms with Crippen molar-refractivity contribution in [2.75, 3.05) is 26.2 Å². The topological polar surface area (TPSA) is 98.2 Å². The fraction of sp³-hybridized carbons (Fsp3) is 0.160. The van der Waals surface area contributed by atoms with Gasteiger partial charge >= 0.3 is 0 Å². The fourth-order valence-electron chi connectivity index (χ4n) is 3.85. The zero-order valence-corrected chi connectivity index (χ0v) is 18.3. The van der Waals surface area contributed by atoms with E-state index in [0.29, 0.717) is 28.5 Å². The summed E-state index contributed by atoms with van der Waals surface area (Å²) in [4.78, 5) is 31.9. The van der Waals surface area contributed by atoms with Crippen LogP contribution >= 0.6 is 0 Å². The van der Waals surface area contributed by atoms with E-state index in [1.165, 1.54) is 26.2 Å². The van der Waals surface area contributed by atoms with Crippen LogP contribution in [0.3, 0.4) is 0 Å². The van der Waals surface area contributed by atoms with Crippen LogP contribution in [0.4, 0.5) is 5.69 Å². The number of methoxy groups -OCH3 is 3. The maximum absolute atomic E-state index is 13.2. The Morgan fingerprint density at radius 2 is 1.70 bits per heavy atom. The molecule has 0 spiro atoms.